The fourth-order valence-corrected chi connectivity index (χ4v) is 3.82. The smallest absolute Gasteiger partial charge is 0.233 e. The van der Waals surface area contributed by atoms with Crippen molar-refractivity contribution in [3.8, 4) is 17.0 Å². The van der Waals surface area contributed by atoms with Gasteiger partial charge in [-0.05, 0) is 30.2 Å². The monoisotopic (exact) mass is 393 g/mol. The first-order valence-corrected chi connectivity index (χ1v) is 9.81. The van der Waals surface area contributed by atoms with E-state index in [1.807, 2.05) is 53.9 Å². The molecule has 6 nitrogen and oxygen atoms in total. The van der Waals surface area contributed by atoms with E-state index in [9.17, 15) is 9.59 Å². The van der Waals surface area contributed by atoms with Crippen LogP contribution in [0.1, 0.15) is 12.5 Å². The van der Waals surface area contributed by atoms with Gasteiger partial charge in [0.2, 0.25) is 11.8 Å². The fourth-order valence-electron chi connectivity index (χ4n) is 3.10. The summed E-state index contributed by atoms with van der Waals surface area (Å²) in [7, 11) is 0. The van der Waals surface area contributed by atoms with Gasteiger partial charge in [0.25, 0.3) is 0 Å². The number of carbonyl (C=O) groups excluding carboxylic acids is 2. The molecular weight excluding hydrogens is 374 g/mol. The summed E-state index contributed by atoms with van der Waals surface area (Å²) in [6, 6.07) is 15.2. The lowest BCUT2D eigenvalue weighted by molar-refractivity contribution is -0.121. The van der Waals surface area contributed by atoms with Crippen LogP contribution in [0.3, 0.4) is 0 Å². The van der Waals surface area contributed by atoms with E-state index >= 15 is 0 Å². The van der Waals surface area contributed by atoms with Crippen molar-refractivity contribution in [2.45, 2.75) is 13.3 Å². The van der Waals surface area contributed by atoms with Crippen molar-refractivity contribution in [1.82, 2.24) is 4.98 Å². The number of benzene rings is 2. The molecule has 0 radical (unpaired) electrons. The van der Waals surface area contributed by atoms with Gasteiger partial charge in [-0.1, -0.05) is 30.3 Å². The number of nitrogens with one attached hydrogen (secondary N) is 2. The van der Waals surface area contributed by atoms with Gasteiger partial charge in [-0.15, -0.1) is 11.3 Å². The summed E-state index contributed by atoms with van der Waals surface area (Å²) in [4.78, 5) is 28.2. The maximum Gasteiger partial charge on any atom is 0.233 e. The highest BCUT2D eigenvalue weighted by atomic mass is 32.1. The van der Waals surface area contributed by atoms with E-state index in [2.05, 4.69) is 15.6 Å². The Balaban J connectivity index is 1.41. The first-order chi connectivity index (χ1) is 13.6. The molecule has 1 aromatic heterocycles. The Hall–Kier alpha value is -3.19. The van der Waals surface area contributed by atoms with E-state index in [1.165, 1.54) is 18.3 Å². The highest BCUT2D eigenvalue weighted by Gasteiger charge is 2.26. The van der Waals surface area contributed by atoms with Crippen molar-refractivity contribution in [2.24, 2.45) is 5.92 Å². The number of rotatable bonds is 4. The predicted octanol–water partition coefficient (Wildman–Crippen LogP) is 3.96. The molecule has 1 aliphatic rings. The molecule has 0 spiro atoms. The maximum absolute atomic E-state index is 12.6. The standard InChI is InChI=1S/C21H19N3O3S/c1-13(25)22-17-8-6-14(7-9-17)18-12-28-21(23-18)24-20(26)16-10-15-4-2-3-5-19(15)27-11-16/h2-9,12,16H,10-11H2,1H3,(H,22,25)(H,23,24,26)/t16-/m1/s1. The Labute approximate surface area is 166 Å². The largest absolute Gasteiger partial charge is 0.492 e. The SMILES string of the molecule is CC(=O)Nc1ccc(-c2csc(NC(=O)[C@H]3COc4ccccc4C3)n2)cc1. The summed E-state index contributed by atoms with van der Waals surface area (Å²) in [5.74, 6) is 0.419. The van der Waals surface area contributed by atoms with Crippen LogP contribution < -0.4 is 15.4 Å². The highest BCUT2D eigenvalue weighted by molar-refractivity contribution is 7.14. The number of fused-ring (bicyclic) bond motifs is 1. The molecule has 2 heterocycles. The molecule has 142 valence electrons. The van der Waals surface area contributed by atoms with Gasteiger partial charge in [0.1, 0.15) is 12.4 Å². The quantitative estimate of drug-likeness (QED) is 0.703. The Bertz CT molecular complexity index is 1010. The normalized spacial score (nSPS) is 15.2. The highest BCUT2D eigenvalue weighted by Crippen LogP contribution is 2.29. The van der Waals surface area contributed by atoms with E-state index in [4.69, 9.17) is 4.74 Å². The molecule has 2 N–H and O–H groups in total. The lowest BCUT2D eigenvalue weighted by atomic mass is 9.96. The minimum Gasteiger partial charge on any atom is -0.492 e. The van der Waals surface area contributed by atoms with Gasteiger partial charge in [-0.2, -0.15) is 0 Å². The second-order valence-electron chi connectivity index (χ2n) is 6.61. The zero-order valence-corrected chi connectivity index (χ0v) is 16.1. The topological polar surface area (TPSA) is 80.3 Å². The van der Waals surface area contributed by atoms with Gasteiger partial charge in [0.05, 0.1) is 11.6 Å². The molecule has 28 heavy (non-hydrogen) atoms. The summed E-state index contributed by atoms with van der Waals surface area (Å²) in [6.07, 6.45) is 0.658. The van der Waals surface area contributed by atoms with Crippen LogP contribution in [0, 0.1) is 5.92 Å². The van der Waals surface area contributed by atoms with Crippen LogP contribution in [0.5, 0.6) is 5.75 Å². The predicted molar refractivity (Wildman–Crippen MR) is 110 cm³/mol. The minimum atomic E-state index is -0.237. The van der Waals surface area contributed by atoms with E-state index in [0.29, 0.717) is 18.2 Å². The molecular formula is C21H19N3O3S. The number of hydrogen-bond acceptors (Lipinski definition) is 5. The minimum absolute atomic E-state index is 0.0867. The molecule has 4 rings (SSSR count). The van der Waals surface area contributed by atoms with Crippen LogP contribution in [0.4, 0.5) is 10.8 Å². The zero-order chi connectivity index (χ0) is 19.5. The third-order valence-electron chi connectivity index (χ3n) is 4.49. The molecule has 0 saturated carbocycles. The van der Waals surface area contributed by atoms with Crippen molar-refractivity contribution < 1.29 is 14.3 Å². The van der Waals surface area contributed by atoms with Crippen LogP contribution in [0.25, 0.3) is 11.3 Å². The average Bonchev–Trinajstić information content (AvgIpc) is 3.16. The third kappa shape index (κ3) is 4.04. The fraction of sp³-hybridized carbons (Fsp3) is 0.190. The molecule has 0 aliphatic carbocycles. The number of amides is 2. The third-order valence-corrected chi connectivity index (χ3v) is 5.24. The summed E-state index contributed by atoms with van der Waals surface area (Å²) in [5.41, 5.74) is 3.48. The van der Waals surface area contributed by atoms with E-state index < -0.39 is 0 Å². The number of aromatic nitrogens is 1. The van der Waals surface area contributed by atoms with Crippen molar-refractivity contribution in [1.29, 1.82) is 0 Å². The number of ether oxygens (including phenoxy) is 1. The first kappa shape index (κ1) is 18.2. The lowest BCUT2D eigenvalue weighted by Gasteiger charge is -2.24. The van der Waals surface area contributed by atoms with Gasteiger partial charge in [0, 0.05) is 23.6 Å². The molecule has 0 bridgehead atoms. The van der Waals surface area contributed by atoms with Gasteiger partial charge < -0.3 is 15.4 Å². The molecule has 7 heteroatoms. The lowest BCUT2D eigenvalue weighted by Crippen LogP contribution is -2.32. The van der Waals surface area contributed by atoms with Crippen LogP contribution in [-0.4, -0.2) is 23.4 Å². The molecule has 0 saturated heterocycles. The van der Waals surface area contributed by atoms with E-state index in [1.54, 1.807) is 0 Å². The Kier molecular flexibility index (Phi) is 5.08. The number of thiazole rings is 1. The summed E-state index contributed by atoms with van der Waals surface area (Å²) >= 11 is 1.38. The summed E-state index contributed by atoms with van der Waals surface area (Å²) in [6.45, 7) is 1.84. The van der Waals surface area contributed by atoms with Crippen LogP contribution >= 0.6 is 11.3 Å². The molecule has 1 atom stereocenters. The van der Waals surface area contributed by atoms with Crippen LogP contribution in [0.2, 0.25) is 0 Å². The van der Waals surface area contributed by atoms with E-state index in [-0.39, 0.29) is 17.7 Å². The van der Waals surface area contributed by atoms with Crippen molar-refractivity contribution in [3.63, 3.8) is 0 Å². The number of hydrogen-bond donors (Lipinski definition) is 2. The number of para-hydroxylation sites is 1. The average molecular weight is 393 g/mol. The molecule has 2 aromatic carbocycles. The number of carbonyl (C=O) groups is 2. The maximum atomic E-state index is 12.6. The van der Waals surface area contributed by atoms with E-state index in [0.717, 1.165) is 28.3 Å². The summed E-state index contributed by atoms with van der Waals surface area (Å²) in [5, 5.41) is 8.09. The molecule has 0 unspecified atom stereocenters. The second kappa shape index (κ2) is 7.82. The van der Waals surface area contributed by atoms with Crippen molar-refractivity contribution in [3.05, 3.63) is 59.5 Å². The van der Waals surface area contributed by atoms with Gasteiger partial charge in [0.15, 0.2) is 5.13 Å². The molecule has 3 aromatic rings. The number of nitrogens with zero attached hydrogens (tertiary/aromatic N) is 1. The molecule has 2 amide bonds. The van der Waals surface area contributed by atoms with Gasteiger partial charge in [-0.25, -0.2) is 4.98 Å². The Morgan fingerprint density at radius 1 is 1.11 bits per heavy atom. The van der Waals surface area contributed by atoms with Gasteiger partial charge in [-0.3, -0.25) is 9.59 Å². The number of anilines is 2. The van der Waals surface area contributed by atoms with Crippen molar-refractivity contribution >= 4 is 34.0 Å². The first-order valence-electron chi connectivity index (χ1n) is 8.93. The van der Waals surface area contributed by atoms with Gasteiger partial charge >= 0.3 is 0 Å². The Morgan fingerprint density at radius 3 is 2.68 bits per heavy atom. The molecule has 1 aliphatic heterocycles. The summed E-state index contributed by atoms with van der Waals surface area (Å²) < 4.78 is 5.70. The Morgan fingerprint density at radius 2 is 1.89 bits per heavy atom. The zero-order valence-electron chi connectivity index (χ0n) is 15.3. The van der Waals surface area contributed by atoms with Crippen LogP contribution in [-0.2, 0) is 16.0 Å². The second-order valence-corrected chi connectivity index (χ2v) is 7.46. The molecule has 0 fully saturated rings. The van der Waals surface area contributed by atoms with Crippen LogP contribution in [0.15, 0.2) is 53.9 Å². The van der Waals surface area contributed by atoms with Crippen molar-refractivity contribution in [2.75, 3.05) is 17.2 Å².